The molecule has 0 aliphatic rings. The van der Waals surface area contributed by atoms with E-state index in [1.54, 1.807) is 0 Å². The van der Waals surface area contributed by atoms with E-state index < -0.39 is 0 Å². The normalized spacial score (nSPS) is 11.1. The fraction of sp³-hybridized carbons (Fsp3) is 0.783. The summed E-state index contributed by atoms with van der Waals surface area (Å²) in [7, 11) is 3.87. The first-order chi connectivity index (χ1) is 12.9. The third-order valence-corrected chi connectivity index (χ3v) is 7.35. The average Bonchev–Trinajstić information content (AvgIpc) is 2.68. The van der Waals surface area contributed by atoms with Gasteiger partial charge >= 0.3 is 0 Å². The molecule has 0 radical (unpaired) electrons. The van der Waals surface area contributed by atoms with Gasteiger partial charge in [-0.15, -0.1) is 0 Å². The van der Waals surface area contributed by atoms with Crippen LogP contribution in [0.15, 0.2) is 29.4 Å². The molecule has 150 valence electrons. The lowest BCUT2D eigenvalue weighted by molar-refractivity contribution is 0.532. The fourth-order valence-electron chi connectivity index (χ4n) is 3.21. The first-order valence-electron chi connectivity index (χ1n) is 11.1. The lowest BCUT2D eigenvalue weighted by Gasteiger charge is -2.04. The molecule has 1 heterocycles. The maximum absolute atomic E-state index is 4.05. The van der Waals surface area contributed by atoms with Crippen LogP contribution in [0.4, 0.5) is 0 Å². The summed E-state index contributed by atoms with van der Waals surface area (Å²) >= 11 is 0. The molecule has 0 aliphatic carbocycles. The molecule has 0 aromatic carbocycles. The molecule has 1 rings (SSSR count). The highest BCUT2D eigenvalue weighted by Crippen LogP contribution is 2.31. The molecule has 1 nitrogen and oxygen atoms in total. The van der Waals surface area contributed by atoms with E-state index in [-0.39, 0.29) is 0 Å². The maximum Gasteiger partial charge on any atom is 0.0279 e. The molecular weight excluding hydrogens is 354 g/mol. The number of hydrogen-bond donors (Lipinski definition) is 0. The Balaban J connectivity index is 1.68. The van der Waals surface area contributed by atoms with Gasteiger partial charge in [0.15, 0.2) is 0 Å². The Morgan fingerprint density at radius 2 is 1.04 bits per heavy atom. The highest BCUT2D eigenvalue weighted by molar-refractivity contribution is 8.76. The van der Waals surface area contributed by atoms with Crippen molar-refractivity contribution in [3.8, 4) is 0 Å². The van der Waals surface area contributed by atoms with Crippen molar-refractivity contribution in [3.63, 3.8) is 0 Å². The quantitative estimate of drug-likeness (QED) is 0.171. The highest BCUT2D eigenvalue weighted by atomic mass is 33.1. The fourth-order valence-corrected chi connectivity index (χ4v) is 5.33. The van der Waals surface area contributed by atoms with E-state index in [9.17, 15) is 0 Å². The van der Waals surface area contributed by atoms with Crippen molar-refractivity contribution in [2.24, 2.45) is 0 Å². The van der Waals surface area contributed by atoms with Crippen LogP contribution in [-0.2, 0) is 0 Å². The Labute approximate surface area is 171 Å². The van der Waals surface area contributed by atoms with Crippen LogP contribution in [0.1, 0.15) is 110 Å². The molecule has 0 saturated carbocycles. The van der Waals surface area contributed by atoms with Crippen LogP contribution in [0.5, 0.6) is 0 Å². The SMILES string of the molecule is CCCCCCCCCCCCCCCCCCSSc1ccncc1. The van der Waals surface area contributed by atoms with E-state index in [0.717, 1.165) is 0 Å². The highest BCUT2D eigenvalue weighted by Gasteiger charge is 1.96. The number of rotatable bonds is 19. The van der Waals surface area contributed by atoms with E-state index in [1.807, 2.05) is 34.0 Å². The van der Waals surface area contributed by atoms with Crippen molar-refractivity contribution in [1.29, 1.82) is 0 Å². The minimum Gasteiger partial charge on any atom is -0.265 e. The van der Waals surface area contributed by atoms with E-state index in [4.69, 9.17) is 0 Å². The van der Waals surface area contributed by atoms with E-state index in [2.05, 4.69) is 24.0 Å². The van der Waals surface area contributed by atoms with E-state index in [0.29, 0.717) is 0 Å². The van der Waals surface area contributed by atoms with Gasteiger partial charge in [-0.1, -0.05) is 125 Å². The van der Waals surface area contributed by atoms with Crippen LogP contribution < -0.4 is 0 Å². The smallest absolute Gasteiger partial charge is 0.0279 e. The van der Waals surface area contributed by atoms with Gasteiger partial charge in [0.25, 0.3) is 0 Å². The Kier molecular flexibility index (Phi) is 18.0. The number of nitrogens with zero attached hydrogens (tertiary/aromatic N) is 1. The van der Waals surface area contributed by atoms with Gasteiger partial charge < -0.3 is 0 Å². The van der Waals surface area contributed by atoms with Gasteiger partial charge in [-0.05, 0) is 18.6 Å². The molecule has 0 fully saturated rings. The van der Waals surface area contributed by atoms with Gasteiger partial charge in [-0.2, -0.15) is 0 Å². The van der Waals surface area contributed by atoms with E-state index in [1.165, 1.54) is 113 Å². The first-order valence-corrected chi connectivity index (χ1v) is 13.4. The summed E-state index contributed by atoms with van der Waals surface area (Å²) in [5.74, 6) is 1.27. The van der Waals surface area contributed by atoms with Crippen LogP contribution in [0, 0.1) is 0 Å². The molecule has 0 atom stereocenters. The standard InChI is InChI=1S/C23H41NS2/c1-2-3-4-5-6-7-8-9-10-11-12-13-14-15-16-17-22-25-26-23-18-20-24-21-19-23/h18-21H,2-17,22H2,1H3. The van der Waals surface area contributed by atoms with Crippen LogP contribution >= 0.6 is 21.6 Å². The monoisotopic (exact) mass is 395 g/mol. The average molecular weight is 396 g/mol. The molecule has 0 bridgehead atoms. The first kappa shape index (κ1) is 23.9. The minimum atomic E-state index is 1.27. The van der Waals surface area contributed by atoms with Crippen LogP contribution in [0.25, 0.3) is 0 Å². The molecule has 0 aliphatic heterocycles. The van der Waals surface area contributed by atoms with Crippen LogP contribution in [0.2, 0.25) is 0 Å². The predicted molar refractivity (Wildman–Crippen MR) is 122 cm³/mol. The summed E-state index contributed by atoms with van der Waals surface area (Å²) in [6.45, 7) is 2.30. The summed E-state index contributed by atoms with van der Waals surface area (Å²) in [6, 6.07) is 4.18. The van der Waals surface area contributed by atoms with Crippen LogP contribution in [-0.4, -0.2) is 10.7 Å². The Bertz CT molecular complexity index is 383. The summed E-state index contributed by atoms with van der Waals surface area (Å²) in [5.41, 5.74) is 0. The topological polar surface area (TPSA) is 12.9 Å². The van der Waals surface area contributed by atoms with Crippen LogP contribution in [0.3, 0.4) is 0 Å². The summed E-state index contributed by atoms with van der Waals surface area (Å²) in [5, 5.41) is 0. The number of unbranched alkanes of at least 4 members (excludes halogenated alkanes) is 15. The Morgan fingerprint density at radius 3 is 1.50 bits per heavy atom. The summed E-state index contributed by atoms with van der Waals surface area (Å²) in [4.78, 5) is 5.37. The van der Waals surface area contributed by atoms with Gasteiger partial charge in [0, 0.05) is 23.0 Å². The number of hydrogen-bond acceptors (Lipinski definition) is 3. The van der Waals surface area contributed by atoms with Crippen molar-refractivity contribution in [3.05, 3.63) is 24.5 Å². The molecule has 1 aromatic heterocycles. The molecule has 0 N–H and O–H groups in total. The number of aromatic nitrogens is 1. The molecule has 0 saturated heterocycles. The number of pyridine rings is 1. The molecule has 3 heteroatoms. The zero-order valence-corrected chi connectivity index (χ0v) is 18.7. The summed E-state index contributed by atoms with van der Waals surface area (Å²) < 4.78 is 0. The maximum atomic E-state index is 4.05. The predicted octanol–water partition coefficient (Wildman–Crippen LogP) is 9.08. The second-order valence-corrected chi connectivity index (χ2v) is 9.88. The van der Waals surface area contributed by atoms with Gasteiger partial charge in [-0.3, -0.25) is 4.98 Å². The lowest BCUT2D eigenvalue weighted by Crippen LogP contribution is -1.84. The molecule has 0 amide bonds. The Hall–Kier alpha value is -0.150. The zero-order valence-electron chi connectivity index (χ0n) is 17.1. The van der Waals surface area contributed by atoms with E-state index >= 15 is 0 Å². The van der Waals surface area contributed by atoms with Gasteiger partial charge in [0.1, 0.15) is 0 Å². The second kappa shape index (κ2) is 19.6. The zero-order chi connectivity index (χ0) is 18.5. The third kappa shape index (κ3) is 16.1. The third-order valence-electron chi connectivity index (χ3n) is 4.89. The minimum absolute atomic E-state index is 1.27. The van der Waals surface area contributed by atoms with Crippen molar-refractivity contribution in [1.82, 2.24) is 4.98 Å². The van der Waals surface area contributed by atoms with Gasteiger partial charge in [0.2, 0.25) is 0 Å². The molecule has 26 heavy (non-hydrogen) atoms. The van der Waals surface area contributed by atoms with Crippen molar-refractivity contribution in [2.45, 2.75) is 115 Å². The van der Waals surface area contributed by atoms with Crippen molar-refractivity contribution in [2.75, 3.05) is 5.75 Å². The largest absolute Gasteiger partial charge is 0.265 e. The molecular formula is C23H41NS2. The van der Waals surface area contributed by atoms with Crippen molar-refractivity contribution >= 4 is 21.6 Å². The summed E-state index contributed by atoms with van der Waals surface area (Å²) in [6.07, 6.45) is 26.9. The second-order valence-electron chi connectivity index (χ2n) is 7.39. The van der Waals surface area contributed by atoms with Gasteiger partial charge in [-0.25, -0.2) is 0 Å². The molecule has 0 spiro atoms. The Morgan fingerprint density at radius 1 is 0.615 bits per heavy atom. The molecule has 0 unspecified atom stereocenters. The molecule has 1 aromatic rings. The lowest BCUT2D eigenvalue weighted by atomic mass is 10.0. The van der Waals surface area contributed by atoms with Crippen molar-refractivity contribution < 1.29 is 0 Å². The van der Waals surface area contributed by atoms with Gasteiger partial charge in [0.05, 0.1) is 0 Å².